The summed E-state index contributed by atoms with van der Waals surface area (Å²) in [6, 6.07) is 15.9. The van der Waals surface area contributed by atoms with Gasteiger partial charge in [0.2, 0.25) is 5.91 Å². The number of para-hydroxylation sites is 1. The monoisotopic (exact) mass is 453 g/mol. The summed E-state index contributed by atoms with van der Waals surface area (Å²) in [6.07, 6.45) is 1.05. The predicted octanol–water partition coefficient (Wildman–Crippen LogP) is 3.21. The van der Waals surface area contributed by atoms with Crippen LogP contribution >= 0.6 is 0 Å². The zero-order valence-corrected chi connectivity index (χ0v) is 19.2. The summed E-state index contributed by atoms with van der Waals surface area (Å²) in [6.45, 7) is 5.05. The number of esters is 1. The van der Waals surface area contributed by atoms with E-state index in [1.54, 1.807) is 24.3 Å². The van der Waals surface area contributed by atoms with E-state index < -0.39 is 18.5 Å². The average molecular weight is 454 g/mol. The third kappa shape index (κ3) is 9.14. The maximum atomic E-state index is 12.8. The molecule has 3 amide bonds. The minimum Gasteiger partial charge on any atom is -0.454 e. The molecule has 0 aromatic heterocycles. The molecule has 2 aromatic carbocycles. The number of carbonyl (C=O) groups is 4. The lowest BCUT2D eigenvalue weighted by molar-refractivity contribution is -0.147. The van der Waals surface area contributed by atoms with Crippen molar-refractivity contribution in [3.8, 4) is 0 Å². The third-order valence-corrected chi connectivity index (χ3v) is 4.84. The van der Waals surface area contributed by atoms with Gasteiger partial charge in [-0.25, -0.2) is 0 Å². The molecule has 8 nitrogen and oxygen atoms in total. The normalized spacial score (nSPS) is 11.4. The van der Waals surface area contributed by atoms with Gasteiger partial charge in [-0.15, -0.1) is 0 Å². The highest BCUT2D eigenvalue weighted by atomic mass is 16.5. The predicted molar refractivity (Wildman–Crippen MR) is 125 cm³/mol. The summed E-state index contributed by atoms with van der Waals surface area (Å²) >= 11 is 0. The van der Waals surface area contributed by atoms with Crippen LogP contribution in [0.15, 0.2) is 54.6 Å². The second kappa shape index (κ2) is 13.0. The van der Waals surface area contributed by atoms with Crippen LogP contribution in [-0.4, -0.2) is 36.8 Å². The van der Waals surface area contributed by atoms with Crippen LogP contribution in [0, 0.1) is 5.92 Å². The third-order valence-electron chi connectivity index (χ3n) is 4.84. The van der Waals surface area contributed by atoms with Crippen molar-refractivity contribution in [1.82, 2.24) is 10.6 Å². The number of anilines is 1. The largest absolute Gasteiger partial charge is 0.454 e. The van der Waals surface area contributed by atoms with Gasteiger partial charge in [0.25, 0.3) is 11.8 Å². The van der Waals surface area contributed by atoms with E-state index in [2.05, 4.69) is 16.0 Å². The van der Waals surface area contributed by atoms with E-state index in [-0.39, 0.29) is 30.0 Å². The van der Waals surface area contributed by atoms with Crippen LogP contribution in [0.3, 0.4) is 0 Å². The maximum Gasteiger partial charge on any atom is 0.325 e. The summed E-state index contributed by atoms with van der Waals surface area (Å²) in [4.78, 5) is 48.5. The molecule has 1 atom stereocenters. The Labute approximate surface area is 194 Å². The van der Waals surface area contributed by atoms with E-state index in [0.717, 1.165) is 12.0 Å². The van der Waals surface area contributed by atoms with Crippen LogP contribution in [0.25, 0.3) is 0 Å². The molecule has 0 spiro atoms. The Morgan fingerprint density at radius 3 is 2.24 bits per heavy atom. The van der Waals surface area contributed by atoms with E-state index in [1.807, 2.05) is 51.1 Å². The number of carbonyl (C=O) groups excluding carboxylic acids is 4. The summed E-state index contributed by atoms with van der Waals surface area (Å²) in [5, 5.41) is 7.97. The van der Waals surface area contributed by atoms with Gasteiger partial charge in [-0.05, 0) is 37.0 Å². The molecule has 1 unspecified atom stereocenters. The van der Waals surface area contributed by atoms with E-state index in [4.69, 9.17) is 4.74 Å². The van der Waals surface area contributed by atoms with Crippen molar-refractivity contribution in [3.05, 3.63) is 65.7 Å². The van der Waals surface area contributed by atoms with Gasteiger partial charge in [-0.2, -0.15) is 0 Å². The zero-order chi connectivity index (χ0) is 24.2. The molecule has 0 saturated heterocycles. The van der Waals surface area contributed by atoms with Gasteiger partial charge in [0.1, 0.15) is 6.54 Å². The fraction of sp³-hybridized carbons (Fsp3) is 0.360. The second-order valence-corrected chi connectivity index (χ2v) is 8.07. The van der Waals surface area contributed by atoms with Crippen molar-refractivity contribution in [2.75, 3.05) is 18.5 Å². The van der Waals surface area contributed by atoms with Crippen LogP contribution in [0.2, 0.25) is 0 Å². The molecule has 176 valence electrons. The minimum atomic E-state index is -0.717. The summed E-state index contributed by atoms with van der Waals surface area (Å²) in [5.74, 6) is -1.51. The number of hydrogen-bond donors (Lipinski definition) is 3. The van der Waals surface area contributed by atoms with Gasteiger partial charge in [0.05, 0.1) is 17.3 Å². The fourth-order valence-corrected chi connectivity index (χ4v) is 2.95. The number of rotatable bonds is 11. The Hall–Kier alpha value is -3.68. The topological polar surface area (TPSA) is 114 Å². The molecular weight excluding hydrogens is 422 g/mol. The van der Waals surface area contributed by atoms with Crippen molar-refractivity contribution >= 4 is 29.4 Å². The van der Waals surface area contributed by atoms with Gasteiger partial charge in [-0.1, -0.05) is 56.3 Å². The second-order valence-electron chi connectivity index (χ2n) is 8.07. The minimum absolute atomic E-state index is 0.223. The first-order valence-electron chi connectivity index (χ1n) is 10.9. The highest BCUT2D eigenvalue weighted by Crippen LogP contribution is 2.18. The number of benzene rings is 2. The van der Waals surface area contributed by atoms with E-state index in [1.165, 1.54) is 0 Å². The van der Waals surface area contributed by atoms with Crippen molar-refractivity contribution in [2.24, 2.45) is 5.92 Å². The van der Waals surface area contributed by atoms with Gasteiger partial charge in [0, 0.05) is 6.42 Å². The molecule has 0 radical (unpaired) electrons. The lowest BCUT2D eigenvalue weighted by atomic mass is 10.1. The highest BCUT2D eigenvalue weighted by Gasteiger charge is 2.17. The molecule has 0 heterocycles. The smallest absolute Gasteiger partial charge is 0.325 e. The SMILES string of the molecule is CC(C)CCC(=O)NCC(=O)OCC(=O)Nc1ccccc1C(=O)NC(C)c1ccccc1. The van der Waals surface area contributed by atoms with Gasteiger partial charge in [0.15, 0.2) is 6.61 Å². The van der Waals surface area contributed by atoms with Gasteiger partial charge >= 0.3 is 5.97 Å². The fourth-order valence-electron chi connectivity index (χ4n) is 2.95. The van der Waals surface area contributed by atoms with Crippen LogP contribution in [-0.2, 0) is 19.1 Å². The van der Waals surface area contributed by atoms with Crippen molar-refractivity contribution in [1.29, 1.82) is 0 Å². The summed E-state index contributed by atoms with van der Waals surface area (Å²) < 4.78 is 4.91. The van der Waals surface area contributed by atoms with Crippen molar-refractivity contribution in [3.63, 3.8) is 0 Å². The molecule has 0 bridgehead atoms. The summed E-state index contributed by atoms with van der Waals surface area (Å²) in [7, 11) is 0. The number of nitrogens with one attached hydrogen (secondary N) is 3. The lowest BCUT2D eigenvalue weighted by Gasteiger charge is -2.16. The molecule has 3 N–H and O–H groups in total. The average Bonchev–Trinajstić information content (AvgIpc) is 2.80. The standard InChI is InChI=1S/C25H31N3O5/c1-17(2)13-14-22(29)26-15-24(31)33-16-23(30)28-21-12-8-7-11-20(21)25(32)27-18(3)19-9-5-4-6-10-19/h4-12,17-18H,13-16H2,1-3H3,(H,26,29)(H,27,32)(H,28,30). The molecule has 0 fully saturated rings. The van der Waals surface area contributed by atoms with E-state index >= 15 is 0 Å². The van der Waals surface area contributed by atoms with Gasteiger partial charge < -0.3 is 20.7 Å². The van der Waals surface area contributed by atoms with E-state index in [0.29, 0.717) is 18.0 Å². The Morgan fingerprint density at radius 2 is 1.55 bits per heavy atom. The van der Waals surface area contributed by atoms with Crippen LogP contribution in [0.5, 0.6) is 0 Å². The van der Waals surface area contributed by atoms with Crippen molar-refractivity contribution in [2.45, 2.75) is 39.7 Å². The number of hydrogen-bond acceptors (Lipinski definition) is 5. The quantitative estimate of drug-likeness (QED) is 0.452. The Balaban J connectivity index is 1.84. The Bertz CT molecular complexity index is 960. The van der Waals surface area contributed by atoms with Crippen LogP contribution in [0.1, 0.15) is 55.6 Å². The maximum absolute atomic E-state index is 12.8. The van der Waals surface area contributed by atoms with Gasteiger partial charge in [-0.3, -0.25) is 19.2 Å². The molecular formula is C25H31N3O5. The Morgan fingerprint density at radius 1 is 0.879 bits per heavy atom. The van der Waals surface area contributed by atoms with Crippen LogP contribution in [0.4, 0.5) is 5.69 Å². The molecule has 0 aliphatic heterocycles. The molecule has 0 aliphatic carbocycles. The highest BCUT2D eigenvalue weighted by molar-refractivity contribution is 6.04. The molecule has 2 aromatic rings. The molecule has 0 saturated carbocycles. The number of amides is 3. The lowest BCUT2D eigenvalue weighted by Crippen LogP contribution is -2.32. The molecule has 33 heavy (non-hydrogen) atoms. The molecule has 2 rings (SSSR count). The zero-order valence-electron chi connectivity index (χ0n) is 19.2. The molecule has 0 aliphatic rings. The van der Waals surface area contributed by atoms with Crippen molar-refractivity contribution < 1.29 is 23.9 Å². The first-order chi connectivity index (χ1) is 15.8. The molecule has 8 heteroatoms. The van der Waals surface area contributed by atoms with Crippen LogP contribution < -0.4 is 16.0 Å². The number of ether oxygens (including phenoxy) is 1. The first-order valence-corrected chi connectivity index (χ1v) is 10.9. The summed E-state index contributed by atoms with van der Waals surface area (Å²) in [5.41, 5.74) is 1.55. The van der Waals surface area contributed by atoms with E-state index in [9.17, 15) is 19.2 Å². The Kier molecular flexibility index (Phi) is 10.1. The first kappa shape index (κ1) is 25.6.